The van der Waals surface area contributed by atoms with Gasteiger partial charge in [-0.2, -0.15) is 0 Å². The average Bonchev–Trinajstić information content (AvgIpc) is 2.81. The summed E-state index contributed by atoms with van der Waals surface area (Å²) in [5.74, 6) is 0.825. The highest BCUT2D eigenvalue weighted by Crippen LogP contribution is 2.49. The van der Waals surface area contributed by atoms with Crippen LogP contribution in [0.2, 0.25) is 0 Å². The highest BCUT2D eigenvalue weighted by Gasteiger charge is 2.47. The van der Waals surface area contributed by atoms with E-state index in [0.29, 0.717) is 5.92 Å². The van der Waals surface area contributed by atoms with Gasteiger partial charge in [0, 0.05) is 16.8 Å². The van der Waals surface area contributed by atoms with Gasteiger partial charge in [-0.05, 0) is 30.2 Å². The van der Waals surface area contributed by atoms with E-state index in [1.54, 1.807) is 11.3 Å². The van der Waals surface area contributed by atoms with Crippen molar-refractivity contribution in [2.45, 2.75) is 31.6 Å². The maximum Gasteiger partial charge on any atom is 0.252 e. The lowest BCUT2D eigenvalue weighted by molar-refractivity contribution is 0.0918. The lowest BCUT2D eigenvalue weighted by Gasteiger charge is -2.37. The molecule has 1 fully saturated rings. The van der Waals surface area contributed by atoms with Crippen molar-refractivity contribution >= 4 is 17.2 Å². The second-order valence-corrected chi connectivity index (χ2v) is 5.71. The van der Waals surface area contributed by atoms with E-state index in [9.17, 15) is 4.79 Å². The molecule has 2 atom stereocenters. The summed E-state index contributed by atoms with van der Waals surface area (Å²) in [5.41, 5.74) is 1.19. The SMILES string of the molecule is CC1CCCC12CNC(=O)c1ccsc12. The molecule has 1 spiro atoms. The number of carbonyl (C=O) groups excluding carboxylic acids is 1. The third-order valence-electron chi connectivity index (χ3n) is 4.13. The van der Waals surface area contributed by atoms with Crippen LogP contribution in [0.3, 0.4) is 0 Å². The van der Waals surface area contributed by atoms with Crippen LogP contribution in [0, 0.1) is 5.92 Å². The number of hydrogen-bond acceptors (Lipinski definition) is 2. The molecule has 2 heterocycles. The summed E-state index contributed by atoms with van der Waals surface area (Å²) in [6.45, 7) is 3.18. The first-order chi connectivity index (χ1) is 7.24. The van der Waals surface area contributed by atoms with Crippen molar-refractivity contribution < 1.29 is 4.79 Å². The lowest BCUT2D eigenvalue weighted by atomic mass is 9.74. The topological polar surface area (TPSA) is 29.1 Å². The molecule has 0 saturated heterocycles. The van der Waals surface area contributed by atoms with Crippen molar-refractivity contribution in [2.75, 3.05) is 6.54 Å². The Labute approximate surface area is 93.7 Å². The van der Waals surface area contributed by atoms with Gasteiger partial charge in [-0.25, -0.2) is 0 Å². The van der Waals surface area contributed by atoms with Gasteiger partial charge in [-0.3, -0.25) is 4.79 Å². The normalized spacial score (nSPS) is 34.2. The smallest absolute Gasteiger partial charge is 0.252 e. The molecule has 1 aromatic heterocycles. The van der Waals surface area contributed by atoms with Gasteiger partial charge in [-0.15, -0.1) is 11.3 Å². The molecule has 3 heteroatoms. The number of amides is 1. The van der Waals surface area contributed by atoms with Crippen LogP contribution in [0.1, 0.15) is 41.4 Å². The molecule has 0 radical (unpaired) electrons. The summed E-state index contributed by atoms with van der Waals surface area (Å²) < 4.78 is 0. The summed E-state index contributed by atoms with van der Waals surface area (Å²) in [5, 5.41) is 5.11. The minimum atomic E-state index is 0.121. The van der Waals surface area contributed by atoms with Gasteiger partial charge in [0.05, 0.1) is 5.56 Å². The minimum Gasteiger partial charge on any atom is -0.351 e. The monoisotopic (exact) mass is 221 g/mol. The van der Waals surface area contributed by atoms with Crippen molar-refractivity contribution in [2.24, 2.45) is 5.92 Å². The molecule has 80 valence electrons. The first kappa shape index (κ1) is 9.40. The Morgan fingerprint density at radius 3 is 3.20 bits per heavy atom. The van der Waals surface area contributed by atoms with Crippen LogP contribution < -0.4 is 5.32 Å². The van der Waals surface area contributed by atoms with Gasteiger partial charge >= 0.3 is 0 Å². The molecule has 1 aliphatic carbocycles. The predicted molar refractivity (Wildman–Crippen MR) is 61.3 cm³/mol. The number of carbonyl (C=O) groups is 1. The van der Waals surface area contributed by atoms with Gasteiger partial charge in [0.2, 0.25) is 0 Å². The Bertz CT molecular complexity index is 412. The molecule has 1 N–H and O–H groups in total. The summed E-state index contributed by atoms with van der Waals surface area (Å²) in [6, 6.07) is 1.97. The molecule has 2 nitrogen and oxygen atoms in total. The van der Waals surface area contributed by atoms with Gasteiger partial charge in [0.25, 0.3) is 5.91 Å². The van der Waals surface area contributed by atoms with E-state index in [-0.39, 0.29) is 11.3 Å². The number of rotatable bonds is 0. The van der Waals surface area contributed by atoms with Gasteiger partial charge < -0.3 is 5.32 Å². The van der Waals surface area contributed by atoms with E-state index in [0.717, 1.165) is 12.1 Å². The Morgan fingerprint density at radius 1 is 1.60 bits per heavy atom. The molecule has 1 amide bonds. The second kappa shape index (κ2) is 3.08. The molecule has 0 aromatic carbocycles. The van der Waals surface area contributed by atoms with E-state index in [1.807, 2.05) is 6.07 Å². The average molecular weight is 221 g/mol. The predicted octanol–water partition coefficient (Wildman–Crippen LogP) is 2.55. The molecule has 2 unspecified atom stereocenters. The van der Waals surface area contributed by atoms with Crippen molar-refractivity contribution in [1.29, 1.82) is 0 Å². The fourth-order valence-electron chi connectivity index (χ4n) is 3.13. The fourth-order valence-corrected chi connectivity index (χ4v) is 4.37. The van der Waals surface area contributed by atoms with Crippen LogP contribution in [-0.2, 0) is 5.41 Å². The van der Waals surface area contributed by atoms with Gasteiger partial charge in [-0.1, -0.05) is 13.3 Å². The van der Waals surface area contributed by atoms with Gasteiger partial charge in [0.1, 0.15) is 0 Å². The number of nitrogens with one attached hydrogen (secondary N) is 1. The third kappa shape index (κ3) is 1.13. The number of hydrogen-bond donors (Lipinski definition) is 1. The fraction of sp³-hybridized carbons (Fsp3) is 0.583. The lowest BCUT2D eigenvalue weighted by Crippen LogP contribution is -2.47. The zero-order valence-corrected chi connectivity index (χ0v) is 9.69. The highest BCUT2D eigenvalue weighted by molar-refractivity contribution is 7.10. The summed E-state index contributed by atoms with van der Waals surface area (Å²) in [7, 11) is 0. The van der Waals surface area contributed by atoms with Crippen molar-refractivity contribution in [1.82, 2.24) is 5.32 Å². The van der Waals surface area contributed by atoms with Crippen LogP contribution in [0.4, 0.5) is 0 Å². The second-order valence-electron chi connectivity index (χ2n) is 4.80. The molecule has 1 aliphatic heterocycles. The number of thiophene rings is 1. The van der Waals surface area contributed by atoms with E-state index in [4.69, 9.17) is 0 Å². The molecule has 0 bridgehead atoms. The zero-order chi connectivity index (χ0) is 10.5. The Morgan fingerprint density at radius 2 is 2.47 bits per heavy atom. The molecule has 2 aliphatic rings. The van der Waals surface area contributed by atoms with E-state index in [1.165, 1.54) is 24.1 Å². The molecule has 1 saturated carbocycles. The van der Waals surface area contributed by atoms with Crippen molar-refractivity contribution in [3.8, 4) is 0 Å². The quantitative estimate of drug-likeness (QED) is 0.716. The largest absolute Gasteiger partial charge is 0.351 e. The standard InChI is InChI=1S/C12H15NOS/c1-8-3-2-5-12(8)7-13-11(14)9-4-6-15-10(9)12/h4,6,8H,2-3,5,7H2,1H3,(H,13,14). The highest BCUT2D eigenvalue weighted by atomic mass is 32.1. The third-order valence-corrected chi connectivity index (χ3v) is 5.26. The summed E-state index contributed by atoms with van der Waals surface area (Å²) >= 11 is 1.77. The van der Waals surface area contributed by atoms with E-state index in [2.05, 4.69) is 17.6 Å². The van der Waals surface area contributed by atoms with E-state index >= 15 is 0 Å². The van der Waals surface area contributed by atoms with Gasteiger partial charge in [0.15, 0.2) is 0 Å². The van der Waals surface area contributed by atoms with Crippen molar-refractivity contribution in [3.63, 3.8) is 0 Å². The van der Waals surface area contributed by atoms with E-state index < -0.39 is 0 Å². The van der Waals surface area contributed by atoms with Crippen LogP contribution in [-0.4, -0.2) is 12.5 Å². The summed E-state index contributed by atoms with van der Waals surface area (Å²) in [4.78, 5) is 13.0. The zero-order valence-electron chi connectivity index (χ0n) is 8.88. The van der Waals surface area contributed by atoms with Crippen LogP contribution in [0.25, 0.3) is 0 Å². The Kier molecular flexibility index (Phi) is 1.93. The van der Waals surface area contributed by atoms with Crippen LogP contribution >= 0.6 is 11.3 Å². The molecule has 1 aromatic rings. The van der Waals surface area contributed by atoms with Crippen molar-refractivity contribution in [3.05, 3.63) is 21.9 Å². The molecule has 15 heavy (non-hydrogen) atoms. The molecular weight excluding hydrogens is 206 g/mol. The Balaban J connectivity index is 2.14. The maximum atomic E-state index is 11.7. The number of fused-ring (bicyclic) bond motifs is 2. The Hall–Kier alpha value is -0.830. The summed E-state index contributed by atoms with van der Waals surface area (Å²) in [6.07, 6.45) is 3.84. The first-order valence-corrected chi connectivity index (χ1v) is 6.48. The van der Waals surface area contributed by atoms with Crippen LogP contribution in [0.15, 0.2) is 11.4 Å². The first-order valence-electron chi connectivity index (χ1n) is 5.60. The maximum absolute atomic E-state index is 11.7. The van der Waals surface area contributed by atoms with Crippen LogP contribution in [0.5, 0.6) is 0 Å². The minimum absolute atomic E-state index is 0.121. The molecular formula is C12H15NOS. The molecule has 3 rings (SSSR count).